The van der Waals surface area contributed by atoms with Gasteiger partial charge in [0.05, 0.1) is 41.6 Å². The summed E-state index contributed by atoms with van der Waals surface area (Å²) >= 11 is 6.26. The highest BCUT2D eigenvalue weighted by atomic mass is 35.5. The van der Waals surface area contributed by atoms with Crippen LogP contribution in [0.5, 0.6) is 5.75 Å². The van der Waals surface area contributed by atoms with E-state index in [-0.39, 0.29) is 40.3 Å². The van der Waals surface area contributed by atoms with E-state index in [0.29, 0.717) is 17.9 Å². The van der Waals surface area contributed by atoms with E-state index >= 15 is 0 Å². The number of alkyl halides is 2. The van der Waals surface area contributed by atoms with E-state index in [1.54, 1.807) is 0 Å². The Morgan fingerprint density at radius 1 is 1.48 bits per heavy atom. The van der Waals surface area contributed by atoms with Crippen molar-refractivity contribution < 1.29 is 22.7 Å². The molecular formula is C19H18ClF3N6O2. The largest absolute Gasteiger partial charge is 0.496 e. The number of carbonyl (C=O) groups is 1. The standard InChI is InChI=1S/C19H18ClF3N6O2/c1-25-16-13(21)8-26-19(27-16)29(18(22)23)14-6-15(31-2)11(5-12(14)20)17(30)28-4-3-10(7-24)9-28/h5-6,8,10,18H,3-4,9H2,1-2H3,(H,25,26,27). The molecule has 1 aliphatic heterocycles. The lowest BCUT2D eigenvalue weighted by Crippen LogP contribution is -2.29. The molecule has 0 aliphatic carbocycles. The number of anilines is 3. The van der Waals surface area contributed by atoms with Crippen molar-refractivity contribution in [3.8, 4) is 11.8 Å². The molecule has 164 valence electrons. The molecule has 1 N–H and O–H groups in total. The maximum absolute atomic E-state index is 13.9. The summed E-state index contributed by atoms with van der Waals surface area (Å²) in [4.78, 5) is 22.2. The molecular weight excluding hydrogens is 437 g/mol. The zero-order valence-electron chi connectivity index (χ0n) is 16.6. The molecule has 2 aromatic rings. The third kappa shape index (κ3) is 4.44. The molecule has 0 radical (unpaired) electrons. The molecule has 0 spiro atoms. The topological polar surface area (TPSA) is 94.4 Å². The summed E-state index contributed by atoms with van der Waals surface area (Å²) in [6, 6.07) is 4.51. The molecule has 3 rings (SSSR count). The first-order valence-corrected chi connectivity index (χ1v) is 9.52. The second-order valence-electron chi connectivity index (χ2n) is 6.63. The minimum Gasteiger partial charge on any atom is -0.496 e. The van der Waals surface area contributed by atoms with E-state index in [4.69, 9.17) is 21.6 Å². The molecule has 1 aromatic carbocycles. The highest BCUT2D eigenvalue weighted by Crippen LogP contribution is 2.39. The number of carbonyl (C=O) groups excluding carboxylic acids is 1. The van der Waals surface area contributed by atoms with Crippen LogP contribution in [0.4, 0.5) is 30.6 Å². The molecule has 12 heteroatoms. The van der Waals surface area contributed by atoms with Gasteiger partial charge in [0.1, 0.15) is 5.75 Å². The van der Waals surface area contributed by atoms with Crippen molar-refractivity contribution in [2.45, 2.75) is 13.0 Å². The molecule has 1 aromatic heterocycles. The Morgan fingerprint density at radius 3 is 2.81 bits per heavy atom. The number of rotatable bonds is 6. The van der Waals surface area contributed by atoms with Gasteiger partial charge in [0.2, 0.25) is 5.95 Å². The van der Waals surface area contributed by atoms with Gasteiger partial charge in [-0.2, -0.15) is 19.0 Å². The molecule has 1 amide bonds. The van der Waals surface area contributed by atoms with E-state index in [0.717, 1.165) is 6.20 Å². The third-order valence-electron chi connectivity index (χ3n) is 4.80. The summed E-state index contributed by atoms with van der Waals surface area (Å²) in [6.07, 6.45) is 1.30. The summed E-state index contributed by atoms with van der Waals surface area (Å²) in [5.41, 5.74) is -0.157. The van der Waals surface area contributed by atoms with E-state index in [2.05, 4.69) is 21.4 Å². The van der Waals surface area contributed by atoms with Gasteiger partial charge in [-0.25, -0.2) is 9.37 Å². The van der Waals surface area contributed by atoms with Crippen LogP contribution in [0.3, 0.4) is 0 Å². The van der Waals surface area contributed by atoms with Crippen LogP contribution in [0.1, 0.15) is 16.8 Å². The molecule has 1 aliphatic rings. The van der Waals surface area contributed by atoms with Crippen LogP contribution in [0.15, 0.2) is 18.3 Å². The summed E-state index contributed by atoms with van der Waals surface area (Å²) in [7, 11) is 2.67. The highest BCUT2D eigenvalue weighted by molar-refractivity contribution is 6.34. The second-order valence-corrected chi connectivity index (χ2v) is 7.04. The first kappa shape index (κ1) is 22.4. The maximum atomic E-state index is 13.9. The van der Waals surface area contributed by atoms with Gasteiger partial charge in [-0.05, 0) is 12.5 Å². The number of ether oxygens (including phenoxy) is 1. The number of nitrogens with one attached hydrogen (secondary N) is 1. The molecule has 31 heavy (non-hydrogen) atoms. The molecule has 8 nitrogen and oxygen atoms in total. The Morgan fingerprint density at radius 2 is 2.23 bits per heavy atom. The van der Waals surface area contributed by atoms with Gasteiger partial charge < -0.3 is 15.0 Å². The number of hydrogen-bond donors (Lipinski definition) is 1. The maximum Gasteiger partial charge on any atom is 0.321 e. The lowest BCUT2D eigenvalue weighted by atomic mass is 10.1. The lowest BCUT2D eigenvalue weighted by Gasteiger charge is -2.25. The Kier molecular flexibility index (Phi) is 6.70. The summed E-state index contributed by atoms with van der Waals surface area (Å²) in [5.74, 6) is -2.28. The lowest BCUT2D eigenvalue weighted by molar-refractivity contribution is 0.0786. The molecule has 0 saturated carbocycles. The van der Waals surface area contributed by atoms with Crippen molar-refractivity contribution in [1.82, 2.24) is 14.9 Å². The van der Waals surface area contributed by atoms with Crippen LogP contribution < -0.4 is 15.0 Å². The Bertz CT molecular complexity index is 1030. The van der Waals surface area contributed by atoms with Crippen molar-refractivity contribution in [3.05, 3.63) is 34.7 Å². The highest BCUT2D eigenvalue weighted by Gasteiger charge is 2.31. The van der Waals surface area contributed by atoms with Crippen molar-refractivity contribution in [2.24, 2.45) is 5.92 Å². The third-order valence-corrected chi connectivity index (χ3v) is 5.10. The van der Waals surface area contributed by atoms with Crippen molar-refractivity contribution in [1.29, 1.82) is 5.26 Å². The zero-order chi connectivity index (χ0) is 22.7. The fraction of sp³-hybridized carbons (Fsp3) is 0.368. The monoisotopic (exact) mass is 454 g/mol. The number of halogens is 4. The summed E-state index contributed by atoms with van der Waals surface area (Å²) in [5, 5.41) is 11.3. The molecule has 2 heterocycles. The van der Waals surface area contributed by atoms with Crippen molar-refractivity contribution in [2.75, 3.05) is 37.5 Å². The van der Waals surface area contributed by atoms with Crippen LogP contribution in [0, 0.1) is 23.1 Å². The predicted octanol–water partition coefficient (Wildman–Crippen LogP) is 3.67. The van der Waals surface area contributed by atoms with E-state index < -0.39 is 24.2 Å². The number of nitriles is 1. The number of nitrogens with zero attached hydrogens (tertiary/aromatic N) is 5. The Labute approximate surface area is 181 Å². The van der Waals surface area contributed by atoms with Gasteiger partial charge in [-0.3, -0.25) is 9.69 Å². The quantitative estimate of drug-likeness (QED) is 0.665. The normalized spacial score (nSPS) is 15.7. The summed E-state index contributed by atoms with van der Waals surface area (Å²) < 4.78 is 46.8. The molecule has 0 bridgehead atoms. The number of aromatic nitrogens is 2. The van der Waals surface area contributed by atoms with Gasteiger partial charge in [0.25, 0.3) is 5.91 Å². The minimum atomic E-state index is -3.13. The van der Waals surface area contributed by atoms with E-state index in [1.807, 2.05) is 0 Å². The number of methoxy groups -OCH3 is 1. The van der Waals surface area contributed by atoms with Crippen LogP contribution in [0.2, 0.25) is 5.02 Å². The van der Waals surface area contributed by atoms with E-state index in [9.17, 15) is 18.0 Å². The molecule has 1 fully saturated rings. The molecule has 1 saturated heterocycles. The fourth-order valence-corrected chi connectivity index (χ4v) is 3.49. The number of hydrogen-bond acceptors (Lipinski definition) is 7. The Balaban J connectivity index is 2.03. The second kappa shape index (κ2) is 9.26. The number of amides is 1. The summed E-state index contributed by atoms with van der Waals surface area (Å²) in [6.45, 7) is -2.48. The van der Waals surface area contributed by atoms with Crippen LogP contribution in [-0.2, 0) is 0 Å². The predicted molar refractivity (Wildman–Crippen MR) is 107 cm³/mol. The first-order valence-electron chi connectivity index (χ1n) is 9.14. The average Bonchev–Trinajstić information content (AvgIpc) is 3.24. The van der Waals surface area contributed by atoms with Gasteiger partial charge in [-0.1, -0.05) is 11.6 Å². The van der Waals surface area contributed by atoms with Crippen molar-refractivity contribution >= 4 is 35.0 Å². The van der Waals surface area contributed by atoms with Crippen LogP contribution in [-0.4, -0.2) is 54.6 Å². The first-order chi connectivity index (χ1) is 14.8. The Hall–Kier alpha value is -3.26. The van der Waals surface area contributed by atoms with Crippen LogP contribution >= 0.6 is 11.6 Å². The van der Waals surface area contributed by atoms with Gasteiger partial charge >= 0.3 is 6.55 Å². The van der Waals surface area contributed by atoms with Gasteiger partial charge in [0.15, 0.2) is 11.6 Å². The van der Waals surface area contributed by atoms with Crippen molar-refractivity contribution in [3.63, 3.8) is 0 Å². The SMILES string of the molecule is CNc1nc(N(c2cc(OC)c(C(=O)N3CCC(C#N)C3)cc2Cl)C(F)F)ncc1F. The fourth-order valence-electron chi connectivity index (χ4n) is 3.23. The smallest absolute Gasteiger partial charge is 0.321 e. The van der Waals surface area contributed by atoms with Gasteiger partial charge in [-0.15, -0.1) is 0 Å². The average molecular weight is 455 g/mol. The minimum absolute atomic E-state index is 0.00593. The zero-order valence-corrected chi connectivity index (χ0v) is 17.3. The van der Waals surface area contributed by atoms with Gasteiger partial charge in [0, 0.05) is 26.2 Å². The molecule has 1 unspecified atom stereocenters. The molecule has 1 atom stereocenters. The van der Waals surface area contributed by atoms with Crippen LogP contribution in [0.25, 0.3) is 0 Å². The van der Waals surface area contributed by atoms with E-state index in [1.165, 1.54) is 31.2 Å². The number of likely N-dealkylation sites (tertiary alicyclic amines) is 1. The number of benzene rings is 1.